The van der Waals surface area contributed by atoms with Gasteiger partial charge < -0.3 is 9.84 Å². The van der Waals surface area contributed by atoms with Crippen LogP contribution >= 0.6 is 27.3 Å². The van der Waals surface area contributed by atoms with Crippen molar-refractivity contribution in [3.05, 3.63) is 93.0 Å². The number of Topliss-reactive ketones (excluding diaryl/α,β-unsaturated/α-hetero) is 1. The standard InChI is InChI=1S/C27H21BrN2O4S/c1-14-7-9-19-21(11-14)35-27(29-19)30-23(16-5-4-6-18(28)13-16)22(25(32)26(30)33)24(31)17-8-10-20(34-3)15(2)12-17/h4-13,23,31H,1-3H3/b24-22+. The van der Waals surface area contributed by atoms with E-state index in [0.717, 1.165) is 25.8 Å². The zero-order valence-electron chi connectivity index (χ0n) is 19.2. The highest BCUT2D eigenvalue weighted by molar-refractivity contribution is 9.10. The number of thiazole rings is 1. The number of nitrogens with zero attached hydrogens (tertiary/aromatic N) is 2. The van der Waals surface area contributed by atoms with E-state index in [1.807, 2.05) is 56.3 Å². The van der Waals surface area contributed by atoms with E-state index in [9.17, 15) is 14.7 Å². The molecule has 1 amide bonds. The highest BCUT2D eigenvalue weighted by atomic mass is 79.9. The third-order valence-electron chi connectivity index (χ3n) is 6.02. The molecule has 1 saturated heterocycles. The number of carbonyl (C=O) groups excluding carboxylic acids is 2. The average molecular weight is 549 g/mol. The SMILES string of the molecule is COc1ccc(/C(O)=C2\C(=O)C(=O)N(c3nc4ccc(C)cc4s3)C2c2cccc(Br)c2)cc1C. The maximum absolute atomic E-state index is 13.4. The summed E-state index contributed by atoms with van der Waals surface area (Å²) < 4.78 is 7.03. The minimum atomic E-state index is -0.837. The van der Waals surface area contributed by atoms with Crippen LogP contribution in [0.25, 0.3) is 16.0 Å². The van der Waals surface area contributed by atoms with E-state index in [2.05, 4.69) is 20.9 Å². The second-order valence-electron chi connectivity index (χ2n) is 8.38. The molecular formula is C27H21BrN2O4S. The molecule has 1 aliphatic rings. The molecule has 1 aromatic heterocycles. The first-order valence-corrected chi connectivity index (χ1v) is 12.5. The molecule has 1 unspecified atom stereocenters. The first-order chi connectivity index (χ1) is 16.8. The van der Waals surface area contributed by atoms with Crippen LogP contribution in [-0.4, -0.2) is 28.9 Å². The van der Waals surface area contributed by atoms with Crippen LogP contribution in [0.1, 0.15) is 28.3 Å². The molecule has 4 aromatic rings. The molecule has 1 N–H and O–H groups in total. The quantitative estimate of drug-likeness (QED) is 0.183. The number of methoxy groups -OCH3 is 1. The predicted octanol–water partition coefficient (Wildman–Crippen LogP) is 6.31. The van der Waals surface area contributed by atoms with Crippen LogP contribution in [0.2, 0.25) is 0 Å². The molecule has 0 bridgehead atoms. The lowest BCUT2D eigenvalue weighted by atomic mass is 9.95. The van der Waals surface area contributed by atoms with Gasteiger partial charge in [0.15, 0.2) is 5.13 Å². The lowest BCUT2D eigenvalue weighted by molar-refractivity contribution is -0.132. The zero-order chi connectivity index (χ0) is 24.9. The number of aliphatic hydroxyl groups excluding tert-OH is 1. The fourth-order valence-electron chi connectivity index (χ4n) is 4.33. The van der Waals surface area contributed by atoms with Gasteiger partial charge in [-0.2, -0.15) is 0 Å². The number of benzene rings is 3. The van der Waals surface area contributed by atoms with Crippen molar-refractivity contribution in [1.29, 1.82) is 0 Å². The third kappa shape index (κ3) is 4.02. The number of amides is 1. The largest absolute Gasteiger partial charge is 0.507 e. The van der Waals surface area contributed by atoms with Gasteiger partial charge in [0.05, 0.1) is 28.9 Å². The molecule has 0 saturated carbocycles. The number of aromatic nitrogens is 1. The molecule has 6 nitrogen and oxygen atoms in total. The summed E-state index contributed by atoms with van der Waals surface area (Å²) >= 11 is 4.83. The molecular weight excluding hydrogens is 528 g/mol. The first-order valence-electron chi connectivity index (χ1n) is 10.9. The van der Waals surface area contributed by atoms with E-state index >= 15 is 0 Å². The summed E-state index contributed by atoms with van der Waals surface area (Å²) in [5.41, 5.74) is 3.76. The van der Waals surface area contributed by atoms with Gasteiger partial charge in [-0.05, 0) is 73.0 Å². The summed E-state index contributed by atoms with van der Waals surface area (Å²) in [5.74, 6) is -1.05. The molecule has 0 aliphatic carbocycles. The third-order valence-corrected chi connectivity index (χ3v) is 7.53. The van der Waals surface area contributed by atoms with Crippen molar-refractivity contribution in [2.24, 2.45) is 0 Å². The molecule has 176 valence electrons. The van der Waals surface area contributed by atoms with Gasteiger partial charge in [0.1, 0.15) is 11.5 Å². The van der Waals surface area contributed by atoms with E-state index in [0.29, 0.717) is 22.0 Å². The number of fused-ring (bicyclic) bond motifs is 1. The molecule has 1 fully saturated rings. The summed E-state index contributed by atoms with van der Waals surface area (Å²) in [5, 5.41) is 11.8. The number of ether oxygens (including phenoxy) is 1. The monoisotopic (exact) mass is 548 g/mol. The minimum Gasteiger partial charge on any atom is -0.507 e. The second kappa shape index (κ2) is 8.94. The predicted molar refractivity (Wildman–Crippen MR) is 141 cm³/mol. The summed E-state index contributed by atoms with van der Waals surface area (Å²) in [6.45, 7) is 3.84. The molecule has 0 radical (unpaired) electrons. The molecule has 1 aliphatic heterocycles. The summed E-state index contributed by atoms with van der Waals surface area (Å²) in [7, 11) is 1.57. The van der Waals surface area contributed by atoms with Gasteiger partial charge in [-0.15, -0.1) is 0 Å². The molecule has 8 heteroatoms. The van der Waals surface area contributed by atoms with E-state index in [1.54, 1.807) is 25.3 Å². The highest BCUT2D eigenvalue weighted by Gasteiger charge is 2.48. The molecule has 2 heterocycles. The van der Waals surface area contributed by atoms with Crippen LogP contribution in [0, 0.1) is 13.8 Å². The Bertz CT molecular complexity index is 1540. The minimum absolute atomic E-state index is 0.0214. The van der Waals surface area contributed by atoms with Crippen molar-refractivity contribution in [2.45, 2.75) is 19.9 Å². The topological polar surface area (TPSA) is 79.7 Å². The van der Waals surface area contributed by atoms with Crippen molar-refractivity contribution in [3.8, 4) is 5.75 Å². The van der Waals surface area contributed by atoms with Crippen molar-refractivity contribution in [2.75, 3.05) is 12.0 Å². The van der Waals surface area contributed by atoms with Crippen LogP contribution < -0.4 is 9.64 Å². The normalized spacial score (nSPS) is 17.4. The van der Waals surface area contributed by atoms with E-state index in [4.69, 9.17) is 4.74 Å². The van der Waals surface area contributed by atoms with Gasteiger partial charge >= 0.3 is 5.91 Å². The number of anilines is 1. The smallest absolute Gasteiger partial charge is 0.301 e. The number of ketones is 1. The van der Waals surface area contributed by atoms with Gasteiger partial charge in [-0.3, -0.25) is 14.5 Å². The summed E-state index contributed by atoms with van der Waals surface area (Å²) in [6.07, 6.45) is 0. The summed E-state index contributed by atoms with van der Waals surface area (Å²) in [4.78, 5) is 32.8. The van der Waals surface area contributed by atoms with E-state index in [-0.39, 0.29) is 11.3 Å². The van der Waals surface area contributed by atoms with Crippen LogP contribution in [0.15, 0.2) is 70.7 Å². The van der Waals surface area contributed by atoms with Crippen molar-refractivity contribution in [1.82, 2.24) is 4.98 Å². The molecule has 1 atom stereocenters. The van der Waals surface area contributed by atoms with Crippen LogP contribution in [-0.2, 0) is 9.59 Å². The van der Waals surface area contributed by atoms with Crippen molar-refractivity contribution in [3.63, 3.8) is 0 Å². The Labute approximate surface area is 214 Å². The van der Waals surface area contributed by atoms with Gasteiger partial charge in [-0.1, -0.05) is 45.5 Å². The van der Waals surface area contributed by atoms with Crippen LogP contribution in [0.3, 0.4) is 0 Å². The molecule has 5 rings (SSSR count). The molecule has 0 spiro atoms. The highest BCUT2D eigenvalue weighted by Crippen LogP contribution is 2.45. The fourth-order valence-corrected chi connectivity index (χ4v) is 5.83. The zero-order valence-corrected chi connectivity index (χ0v) is 21.6. The lowest BCUT2D eigenvalue weighted by Gasteiger charge is -2.23. The number of rotatable bonds is 4. The summed E-state index contributed by atoms with van der Waals surface area (Å²) in [6, 6.07) is 17.5. The van der Waals surface area contributed by atoms with Crippen LogP contribution in [0.5, 0.6) is 5.75 Å². The van der Waals surface area contributed by atoms with Gasteiger partial charge in [0.25, 0.3) is 5.78 Å². The lowest BCUT2D eigenvalue weighted by Crippen LogP contribution is -2.29. The Balaban J connectivity index is 1.73. The maximum Gasteiger partial charge on any atom is 0.301 e. The fraction of sp³-hybridized carbons (Fsp3) is 0.148. The number of halogens is 1. The first kappa shape index (κ1) is 23.3. The van der Waals surface area contributed by atoms with E-state index in [1.165, 1.54) is 16.2 Å². The molecule has 35 heavy (non-hydrogen) atoms. The van der Waals surface area contributed by atoms with Gasteiger partial charge in [-0.25, -0.2) is 4.98 Å². The van der Waals surface area contributed by atoms with Gasteiger partial charge in [0, 0.05) is 10.0 Å². The number of carbonyl (C=O) groups is 2. The Morgan fingerprint density at radius 3 is 2.60 bits per heavy atom. The molecule has 3 aromatic carbocycles. The number of aryl methyl sites for hydroxylation is 2. The second-order valence-corrected chi connectivity index (χ2v) is 10.3. The van der Waals surface area contributed by atoms with E-state index < -0.39 is 17.7 Å². The van der Waals surface area contributed by atoms with Crippen molar-refractivity contribution < 1.29 is 19.4 Å². The number of aliphatic hydroxyl groups is 1. The van der Waals surface area contributed by atoms with Gasteiger partial charge in [0.2, 0.25) is 0 Å². The Hall–Kier alpha value is -3.49. The maximum atomic E-state index is 13.4. The average Bonchev–Trinajstić information content (AvgIpc) is 3.36. The Morgan fingerprint density at radius 1 is 1.09 bits per heavy atom. The number of hydrogen-bond donors (Lipinski definition) is 1. The Morgan fingerprint density at radius 2 is 1.89 bits per heavy atom. The number of hydrogen-bond acceptors (Lipinski definition) is 6. The van der Waals surface area contributed by atoms with Crippen molar-refractivity contribution >= 4 is 60.1 Å². The Kier molecular flexibility index (Phi) is 5.94. The van der Waals surface area contributed by atoms with Crippen LogP contribution in [0.4, 0.5) is 5.13 Å².